The number of fused-ring (bicyclic) bond motifs is 1. The lowest BCUT2D eigenvalue weighted by Crippen LogP contribution is -2.37. The van der Waals surface area contributed by atoms with Gasteiger partial charge in [-0.15, -0.1) is 0 Å². The lowest BCUT2D eigenvalue weighted by atomic mass is 9.73. The fourth-order valence-corrected chi connectivity index (χ4v) is 4.26. The second kappa shape index (κ2) is 7.55. The first-order valence-electron chi connectivity index (χ1n) is 9.76. The van der Waals surface area contributed by atoms with Crippen LogP contribution in [-0.2, 0) is 11.2 Å². The molecular formula is C22H25FN2O4. The first kappa shape index (κ1) is 19.5. The predicted molar refractivity (Wildman–Crippen MR) is 108 cm³/mol. The number of ether oxygens (including phenoxy) is 2. The number of nitrogens with zero attached hydrogens (tertiary/aromatic N) is 1. The largest absolute Gasteiger partial charge is 0.511 e. The van der Waals surface area contributed by atoms with Gasteiger partial charge in [-0.1, -0.05) is 32.0 Å². The van der Waals surface area contributed by atoms with Crippen molar-refractivity contribution >= 4 is 17.5 Å². The van der Waals surface area contributed by atoms with Crippen molar-refractivity contribution in [3.8, 4) is 5.75 Å². The molecule has 0 bridgehead atoms. The maximum atomic E-state index is 15.0. The fraction of sp³-hybridized carbons (Fsp3) is 0.409. The molecule has 2 heterocycles. The predicted octanol–water partition coefficient (Wildman–Crippen LogP) is 4.45. The van der Waals surface area contributed by atoms with E-state index in [9.17, 15) is 9.18 Å². The Morgan fingerprint density at radius 2 is 2.03 bits per heavy atom. The summed E-state index contributed by atoms with van der Waals surface area (Å²) in [5, 5.41) is 12.2. The third kappa shape index (κ3) is 3.87. The molecular weight excluding hydrogens is 375 g/mol. The number of rotatable bonds is 3. The van der Waals surface area contributed by atoms with Gasteiger partial charge in [0.2, 0.25) is 0 Å². The van der Waals surface area contributed by atoms with Gasteiger partial charge in [-0.3, -0.25) is 0 Å². The molecule has 6 nitrogen and oxygen atoms in total. The number of halogens is 1. The Balaban J connectivity index is 1.68. The first-order chi connectivity index (χ1) is 13.8. The van der Waals surface area contributed by atoms with Crippen LogP contribution in [0.2, 0.25) is 0 Å². The SMILES string of the molecule is CC1(C)Cc2ccc(OC(=O)O)c(F)c2NC1c1cccc(N2CCOCC2)c1. The van der Waals surface area contributed by atoms with E-state index in [1.54, 1.807) is 6.07 Å². The first-order valence-corrected chi connectivity index (χ1v) is 9.76. The molecule has 0 spiro atoms. The minimum Gasteiger partial charge on any atom is -0.449 e. The normalized spacial score (nSPS) is 20.5. The zero-order valence-electron chi connectivity index (χ0n) is 16.6. The molecule has 0 aromatic heterocycles. The van der Waals surface area contributed by atoms with Crippen molar-refractivity contribution in [1.82, 2.24) is 0 Å². The molecule has 0 aliphatic carbocycles. The van der Waals surface area contributed by atoms with E-state index >= 15 is 0 Å². The van der Waals surface area contributed by atoms with Crippen LogP contribution in [0.5, 0.6) is 5.75 Å². The van der Waals surface area contributed by atoms with Crippen molar-refractivity contribution in [2.45, 2.75) is 26.3 Å². The molecule has 0 amide bonds. The lowest BCUT2D eigenvalue weighted by molar-refractivity contribution is 0.122. The number of carboxylic acid groups (broad SMARTS) is 1. The average Bonchev–Trinajstić information content (AvgIpc) is 2.70. The third-order valence-corrected chi connectivity index (χ3v) is 5.69. The molecule has 2 aliphatic rings. The van der Waals surface area contributed by atoms with E-state index in [0.717, 1.165) is 29.9 Å². The van der Waals surface area contributed by atoms with E-state index in [1.807, 2.05) is 12.1 Å². The Kier molecular flexibility index (Phi) is 5.08. The Labute approximate surface area is 169 Å². The molecule has 154 valence electrons. The minimum atomic E-state index is -1.53. The Morgan fingerprint density at radius 1 is 1.28 bits per heavy atom. The molecule has 0 saturated carbocycles. The Morgan fingerprint density at radius 3 is 2.76 bits per heavy atom. The van der Waals surface area contributed by atoms with Crippen LogP contribution in [0.1, 0.15) is 31.0 Å². The molecule has 7 heteroatoms. The lowest BCUT2D eigenvalue weighted by Gasteiger charge is -2.42. The monoisotopic (exact) mass is 400 g/mol. The van der Waals surface area contributed by atoms with E-state index in [4.69, 9.17) is 9.84 Å². The van der Waals surface area contributed by atoms with Gasteiger partial charge in [0.05, 0.1) is 24.9 Å². The second-order valence-electron chi connectivity index (χ2n) is 8.22. The van der Waals surface area contributed by atoms with Crippen LogP contribution in [0.15, 0.2) is 36.4 Å². The van der Waals surface area contributed by atoms with Crippen molar-refractivity contribution in [3.63, 3.8) is 0 Å². The number of hydrogen-bond acceptors (Lipinski definition) is 5. The third-order valence-electron chi connectivity index (χ3n) is 5.69. The van der Waals surface area contributed by atoms with Gasteiger partial charge < -0.3 is 24.8 Å². The van der Waals surface area contributed by atoms with Crippen molar-refractivity contribution in [2.24, 2.45) is 5.41 Å². The van der Waals surface area contributed by atoms with Crippen molar-refractivity contribution < 1.29 is 23.8 Å². The molecule has 1 saturated heterocycles. The molecule has 1 atom stereocenters. The minimum absolute atomic E-state index is 0.134. The number of nitrogens with one attached hydrogen (secondary N) is 1. The summed E-state index contributed by atoms with van der Waals surface area (Å²) < 4.78 is 25.0. The van der Waals surface area contributed by atoms with Crippen LogP contribution in [-0.4, -0.2) is 37.6 Å². The quantitative estimate of drug-likeness (QED) is 0.586. The molecule has 2 aliphatic heterocycles. The summed E-state index contributed by atoms with van der Waals surface area (Å²) in [6, 6.07) is 11.3. The molecule has 1 fully saturated rings. The molecule has 4 rings (SSSR count). The van der Waals surface area contributed by atoms with Gasteiger partial charge in [0.15, 0.2) is 11.6 Å². The fourth-order valence-electron chi connectivity index (χ4n) is 4.26. The van der Waals surface area contributed by atoms with Crippen LogP contribution in [0, 0.1) is 11.2 Å². The highest BCUT2D eigenvalue weighted by Crippen LogP contribution is 2.47. The molecule has 2 aromatic carbocycles. The standard InChI is InChI=1S/C22H25FN2O4/c1-22(2)13-15-6-7-17(29-21(26)27)18(23)19(15)24-20(22)14-4-3-5-16(12-14)25-8-10-28-11-9-25/h3-7,12,20,24H,8-11,13H2,1-2H3,(H,26,27). The number of morpholine rings is 1. The highest BCUT2D eigenvalue weighted by molar-refractivity contribution is 5.66. The van der Waals surface area contributed by atoms with Gasteiger partial charge in [0.25, 0.3) is 0 Å². The summed E-state index contributed by atoms with van der Waals surface area (Å²) in [6.07, 6.45) is -0.874. The van der Waals surface area contributed by atoms with E-state index in [2.05, 4.69) is 40.9 Å². The van der Waals surface area contributed by atoms with Gasteiger partial charge in [-0.25, -0.2) is 9.18 Å². The van der Waals surface area contributed by atoms with Crippen molar-refractivity contribution in [2.75, 3.05) is 36.5 Å². The molecule has 1 unspecified atom stereocenters. The molecule has 2 aromatic rings. The van der Waals surface area contributed by atoms with Crippen molar-refractivity contribution in [1.29, 1.82) is 0 Å². The molecule has 0 radical (unpaired) electrons. The van der Waals surface area contributed by atoms with Crippen molar-refractivity contribution in [3.05, 3.63) is 53.3 Å². The highest BCUT2D eigenvalue weighted by Gasteiger charge is 2.38. The number of anilines is 2. The number of benzene rings is 2. The molecule has 29 heavy (non-hydrogen) atoms. The van der Waals surface area contributed by atoms with Gasteiger partial charge in [0, 0.05) is 18.8 Å². The van der Waals surface area contributed by atoms with Crippen LogP contribution in [0.3, 0.4) is 0 Å². The van der Waals surface area contributed by atoms with Crippen LogP contribution >= 0.6 is 0 Å². The van der Waals surface area contributed by atoms with Crippen LogP contribution in [0.25, 0.3) is 0 Å². The number of carbonyl (C=O) groups is 1. The maximum Gasteiger partial charge on any atom is 0.511 e. The summed E-state index contributed by atoms with van der Waals surface area (Å²) in [6.45, 7) is 7.41. The van der Waals surface area contributed by atoms with E-state index in [-0.39, 0.29) is 17.2 Å². The zero-order chi connectivity index (χ0) is 20.6. The Hall–Kier alpha value is -2.80. The molecule has 2 N–H and O–H groups in total. The van der Waals surface area contributed by atoms with Gasteiger partial charge >= 0.3 is 6.16 Å². The summed E-state index contributed by atoms with van der Waals surface area (Å²) in [4.78, 5) is 13.1. The summed E-state index contributed by atoms with van der Waals surface area (Å²) >= 11 is 0. The smallest absolute Gasteiger partial charge is 0.449 e. The van der Waals surface area contributed by atoms with E-state index in [1.165, 1.54) is 6.07 Å². The van der Waals surface area contributed by atoms with Crippen LogP contribution in [0.4, 0.5) is 20.6 Å². The summed E-state index contributed by atoms with van der Waals surface area (Å²) in [7, 11) is 0. The highest BCUT2D eigenvalue weighted by atomic mass is 19.1. The van der Waals surface area contributed by atoms with Gasteiger partial charge in [0.1, 0.15) is 0 Å². The average molecular weight is 400 g/mol. The van der Waals surface area contributed by atoms with Gasteiger partial charge in [-0.05, 0) is 41.2 Å². The topological polar surface area (TPSA) is 71.0 Å². The Bertz CT molecular complexity index is 925. The van der Waals surface area contributed by atoms with Gasteiger partial charge in [-0.2, -0.15) is 0 Å². The van der Waals surface area contributed by atoms with Crippen LogP contribution < -0.4 is 15.0 Å². The van der Waals surface area contributed by atoms with E-state index in [0.29, 0.717) is 25.3 Å². The second-order valence-corrected chi connectivity index (χ2v) is 8.22. The summed E-state index contributed by atoms with van der Waals surface area (Å²) in [5.74, 6) is -0.959. The van der Waals surface area contributed by atoms with E-state index < -0.39 is 12.0 Å². The maximum absolute atomic E-state index is 15.0. The zero-order valence-corrected chi connectivity index (χ0v) is 16.6. The summed E-state index contributed by atoms with van der Waals surface area (Å²) in [5.41, 5.74) is 3.14. The number of hydrogen-bond donors (Lipinski definition) is 2.